The van der Waals surface area contributed by atoms with Gasteiger partial charge in [0, 0.05) is 28.9 Å². The second kappa shape index (κ2) is 7.97. The number of nitrogens with one attached hydrogen (secondary N) is 3. The summed E-state index contributed by atoms with van der Waals surface area (Å²) in [6, 6.07) is 10.9. The fraction of sp³-hybridized carbons (Fsp3) is 0.273. The van der Waals surface area contributed by atoms with Crippen LogP contribution in [0.3, 0.4) is 0 Å². The van der Waals surface area contributed by atoms with Gasteiger partial charge in [0.1, 0.15) is 0 Å². The largest absolute Gasteiger partial charge is 0.454 e. The van der Waals surface area contributed by atoms with Gasteiger partial charge in [-0.15, -0.1) is 0 Å². The van der Waals surface area contributed by atoms with Crippen LogP contribution in [0.5, 0.6) is 11.5 Å². The van der Waals surface area contributed by atoms with Crippen LogP contribution in [0.15, 0.2) is 36.4 Å². The summed E-state index contributed by atoms with van der Waals surface area (Å²) >= 11 is 0. The summed E-state index contributed by atoms with van der Waals surface area (Å²) in [4.78, 5) is 24.8. The van der Waals surface area contributed by atoms with Crippen LogP contribution in [0.2, 0.25) is 0 Å². The Balaban J connectivity index is 1.82. The molecule has 2 aliphatic rings. The molecule has 2 aromatic rings. The number of anilines is 1. The molecule has 0 aliphatic carbocycles. The Morgan fingerprint density at radius 1 is 1.07 bits per heavy atom. The van der Waals surface area contributed by atoms with Crippen LogP contribution in [0.25, 0.3) is 11.3 Å². The Bertz CT molecular complexity index is 1010. The topological polar surface area (TPSA) is 88.7 Å². The summed E-state index contributed by atoms with van der Waals surface area (Å²) in [5.74, 6) is 1.09. The van der Waals surface area contributed by atoms with Crippen molar-refractivity contribution < 1.29 is 19.1 Å². The highest BCUT2D eigenvalue weighted by atomic mass is 16.7. The summed E-state index contributed by atoms with van der Waals surface area (Å²) in [5.41, 5.74) is 4.03. The van der Waals surface area contributed by atoms with Gasteiger partial charge in [0.2, 0.25) is 6.79 Å². The first-order valence-electron chi connectivity index (χ1n) is 9.58. The van der Waals surface area contributed by atoms with Gasteiger partial charge in [0.25, 0.3) is 5.91 Å². The molecule has 4 rings (SSSR count). The van der Waals surface area contributed by atoms with Crippen LogP contribution in [0.1, 0.15) is 34.8 Å². The third-order valence-corrected chi connectivity index (χ3v) is 4.99. The monoisotopic (exact) mass is 393 g/mol. The van der Waals surface area contributed by atoms with Crippen molar-refractivity contribution >= 4 is 28.6 Å². The number of fused-ring (bicyclic) bond motifs is 2. The first-order valence-corrected chi connectivity index (χ1v) is 9.58. The average molecular weight is 393 g/mol. The van der Waals surface area contributed by atoms with Crippen LogP contribution < -0.4 is 25.4 Å². The zero-order valence-corrected chi connectivity index (χ0v) is 16.4. The molecule has 7 heteroatoms. The van der Waals surface area contributed by atoms with Crippen LogP contribution >= 0.6 is 0 Å². The predicted molar refractivity (Wildman–Crippen MR) is 111 cm³/mol. The molecule has 150 valence electrons. The minimum atomic E-state index is -0.200. The van der Waals surface area contributed by atoms with E-state index in [9.17, 15) is 9.59 Å². The van der Waals surface area contributed by atoms with E-state index in [0.717, 1.165) is 24.1 Å². The minimum absolute atomic E-state index is 0.0434. The smallest absolute Gasteiger partial charge is 0.258 e. The Morgan fingerprint density at radius 3 is 2.66 bits per heavy atom. The van der Waals surface area contributed by atoms with E-state index in [-0.39, 0.29) is 18.5 Å². The van der Waals surface area contributed by atoms with Crippen LogP contribution in [0, 0.1) is 0 Å². The van der Waals surface area contributed by atoms with E-state index in [1.165, 1.54) is 6.92 Å². The van der Waals surface area contributed by atoms with E-state index in [2.05, 4.69) is 16.0 Å². The maximum Gasteiger partial charge on any atom is 0.258 e. The van der Waals surface area contributed by atoms with E-state index >= 15 is 0 Å². The molecule has 0 saturated heterocycles. The second-order valence-electron chi connectivity index (χ2n) is 6.97. The molecule has 0 bridgehead atoms. The molecule has 0 radical (unpaired) electrons. The molecule has 0 spiro atoms. The van der Waals surface area contributed by atoms with E-state index < -0.39 is 0 Å². The number of benzene rings is 2. The Kier molecular flexibility index (Phi) is 5.22. The van der Waals surface area contributed by atoms with Gasteiger partial charge in [-0.3, -0.25) is 9.59 Å². The molecule has 2 aliphatic heterocycles. The molecule has 7 nitrogen and oxygen atoms in total. The lowest BCUT2D eigenvalue weighted by molar-refractivity contribution is -0.110. The maximum absolute atomic E-state index is 12.9. The van der Waals surface area contributed by atoms with Crippen LogP contribution in [-0.4, -0.2) is 38.6 Å². The third kappa shape index (κ3) is 3.69. The molecular formula is C22H23N3O4. The number of amides is 1. The van der Waals surface area contributed by atoms with Gasteiger partial charge in [0.15, 0.2) is 17.3 Å². The Hall–Kier alpha value is -3.32. The Morgan fingerprint density at radius 2 is 1.86 bits per heavy atom. The van der Waals surface area contributed by atoms with Crippen molar-refractivity contribution in [3.05, 3.63) is 53.1 Å². The number of carbonyl (C=O) groups excluding carboxylic acids is 2. The molecule has 0 aromatic heterocycles. The minimum Gasteiger partial charge on any atom is -0.454 e. The number of carbonyl (C=O) groups is 2. The van der Waals surface area contributed by atoms with Gasteiger partial charge in [-0.1, -0.05) is 0 Å². The quantitative estimate of drug-likeness (QED) is 0.381. The highest BCUT2D eigenvalue weighted by Gasteiger charge is 2.29. The fourth-order valence-corrected chi connectivity index (χ4v) is 3.50. The van der Waals surface area contributed by atoms with Gasteiger partial charge in [-0.25, -0.2) is 0 Å². The fourth-order valence-electron chi connectivity index (χ4n) is 3.50. The second-order valence-corrected chi connectivity index (χ2v) is 6.97. The lowest BCUT2D eigenvalue weighted by Crippen LogP contribution is -2.21. The van der Waals surface area contributed by atoms with Crippen LogP contribution in [0.4, 0.5) is 5.69 Å². The van der Waals surface area contributed by atoms with Crippen molar-refractivity contribution in [1.82, 2.24) is 10.6 Å². The van der Waals surface area contributed by atoms with Crippen molar-refractivity contribution in [1.29, 1.82) is 0 Å². The molecule has 2 aromatic carbocycles. The van der Waals surface area contributed by atoms with Gasteiger partial charge in [0.05, 0.1) is 11.3 Å². The summed E-state index contributed by atoms with van der Waals surface area (Å²) < 4.78 is 10.9. The third-order valence-electron chi connectivity index (χ3n) is 4.99. The molecule has 0 atom stereocenters. The van der Waals surface area contributed by atoms with Gasteiger partial charge in [-0.05, 0) is 63.3 Å². The standard InChI is InChI=1S/C22H23N3O4/c1-13(26)14-4-6-17-16(10-14)20(22(27)25-17)21(24-9-3-8-23-2)15-5-7-18-19(11-15)29-12-28-18/h4-7,10-11,23-24H,3,8-9,12H2,1-2H3,(H,25,27). The maximum atomic E-state index is 12.9. The highest BCUT2D eigenvalue weighted by molar-refractivity contribution is 6.36. The molecule has 0 saturated carbocycles. The van der Waals surface area contributed by atoms with Crippen molar-refractivity contribution in [2.45, 2.75) is 13.3 Å². The van der Waals surface area contributed by atoms with Gasteiger partial charge < -0.3 is 25.4 Å². The zero-order valence-electron chi connectivity index (χ0n) is 16.4. The number of ketones is 1. The number of rotatable bonds is 7. The Labute approximate surface area is 169 Å². The predicted octanol–water partition coefficient (Wildman–Crippen LogP) is 2.64. The molecule has 0 fully saturated rings. The molecule has 0 unspecified atom stereocenters. The number of Topliss-reactive ketones (excluding diaryl/α,β-unsaturated/α-hetero) is 1. The van der Waals surface area contributed by atoms with Gasteiger partial charge in [-0.2, -0.15) is 0 Å². The summed E-state index contributed by atoms with van der Waals surface area (Å²) in [7, 11) is 1.90. The molecule has 2 heterocycles. The zero-order chi connectivity index (χ0) is 20.4. The van der Waals surface area contributed by atoms with Crippen molar-refractivity contribution in [2.75, 3.05) is 32.2 Å². The van der Waals surface area contributed by atoms with E-state index in [1.54, 1.807) is 18.2 Å². The summed E-state index contributed by atoms with van der Waals surface area (Å²) in [6.07, 6.45) is 0.889. The number of hydrogen-bond donors (Lipinski definition) is 3. The first kappa shape index (κ1) is 19.0. The van der Waals surface area contributed by atoms with E-state index in [4.69, 9.17) is 9.47 Å². The molecular weight excluding hydrogens is 370 g/mol. The first-order chi connectivity index (χ1) is 14.1. The molecule has 3 N–H and O–H groups in total. The van der Waals surface area contributed by atoms with Crippen molar-refractivity contribution in [2.24, 2.45) is 0 Å². The number of ether oxygens (including phenoxy) is 2. The lowest BCUT2D eigenvalue weighted by Gasteiger charge is -2.15. The van der Waals surface area contributed by atoms with Crippen molar-refractivity contribution in [3.63, 3.8) is 0 Å². The average Bonchev–Trinajstić information content (AvgIpc) is 3.30. The van der Waals surface area contributed by atoms with E-state index in [1.807, 2.05) is 25.2 Å². The summed E-state index contributed by atoms with van der Waals surface area (Å²) in [5, 5.41) is 9.44. The molecule has 29 heavy (non-hydrogen) atoms. The van der Waals surface area contributed by atoms with Crippen LogP contribution in [-0.2, 0) is 4.79 Å². The number of hydrogen-bond acceptors (Lipinski definition) is 6. The normalized spacial score (nSPS) is 15.7. The van der Waals surface area contributed by atoms with E-state index in [0.29, 0.717) is 40.6 Å². The lowest BCUT2D eigenvalue weighted by atomic mass is 9.97. The summed E-state index contributed by atoms with van der Waals surface area (Å²) in [6.45, 7) is 3.24. The SMILES string of the molecule is CNCCCNC(=C1C(=O)Nc2ccc(C(C)=O)cc21)c1ccc2c(c1)OCO2. The van der Waals surface area contributed by atoms with Gasteiger partial charge >= 0.3 is 0 Å². The molecule has 1 amide bonds. The van der Waals surface area contributed by atoms with Crippen molar-refractivity contribution in [3.8, 4) is 11.5 Å². The highest BCUT2D eigenvalue weighted by Crippen LogP contribution is 2.39.